The maximum Gasteiger partial charge on any atom is 0.195 e. The Morgan fingerprint density at radius 3 is 3.00 bits per heavy atom. The zero-order valence-electron chi connectivity index (χ0n) is 8.64. The number of aromatic nitrogens is 2. The molecule has 0 unspecified atom stereocenters. The number of nitrogens with zero attached hydrogens (tertiary/aromatic N) is 2. The van der Waals surface area contributed by atoms with Gasteiger partial charge >= 0.3 is 0 Å². The van der Waals surface area contributed by atoms with Crippen LogP contribution < -0.4 is 4.68 Å². The Bertz CT molecular complexity index is 419. The molecular weight excluding hydrogens is 172 g/mol. The van der Waals surface area contributed by atoms with Crippen LogP contribution in [-0.4, -0.2) is 4.68 Å². The van der Waals surface area contributed by atoms with Gasteiger partial charge in [-0.15, -0.1) is 9.36 Å². The monoisotopic (exact) mass is 187 g/mol. The van der Waals surface area contributed by atoms with E-state index in [9.17, 15) is 0 Å². The lowest BCUT2D eigenvalue weighted by molar-refractivity contribution is -0.742. The van der Waals surface area contributed by atoms with Crippen LogP contribution in [0.5, 0.6) is 0 Å². The van der Waals surface area contributed by atoms with E-state index in [0.29, 0.717) is 0 Å². The zero-order chi connectivity index (χ0) is 9.97. The Kier molecular flexibility index (Phi) is 2.35. The fourth-order valence-electron chi connectivity index (χ4n) is 1.61. The fraction of sp³-hybridized carbons (Fsp3) is 0.250. The molecule has 0 N–H and O–H groups in total. The van der Waals surface area contributed by atoms with Gasteiger partial charge in [0.1, 0.15) is 5.70 Å². The first-order valence-electron chi connectivity index (χ1n) is 4.85. The summed E-state index contributed by atoms with van der Waals surface area (Å²) in [5, 5.41) is 0. The molecule has 0 radical (unpaired) electrons. The number of rotatable bonds is 1. The highest BCUT2D eigenvalue weighted by molar-refractivity contribution is 5.59. The van der Waals surface area contributed by atoms with Crippen molar-refractivity contribution >= 4 is 5.70 Å². The molecule has 2 rings (SSSR count). The maximum absolute atomic E-state index is 2.22. The molecule has 0 aromatic carbocycles. The van der Waals surface area contributed by atoms with Gasteiger partial charge in [0.2, 0.25) is 0 Å². The summed E-state index contributed by atoms with van der Waals surface area (Å²) in [5.41, 5.74) is 2.60. The van der Waals surface area contributed by atoms with E-state index in [4.69, 9.17) is 0 Å². The molecule has 1 aromatic heterocycles. The van der Waals surface area contributed by atoms with Gasteiger partial charge < -0.3 is 0 Å². The van der Waals surface area contributed by atoms with Gasteiger partial charge in [0.15, 0.2) is 13.2 Å². The van der Waals surface area contributed by atoms with E-state index in [1.807, 2.05) is 19.3 Å². The summed E-state index contributed by atoms with van der Waals surface area (Å²) in [7, 11) is 2.04. The summed E-state index contributed by atoms with van der Waals surface area (Å²) in [5.74, 6) is 0. The van der Waals surface area contributed by atoms with Crippen molar-refractivity contribution < 1.29 is 4.68 Å². The minimum absolute atomic E-state index is 1.05. The van der Waals surface area contributed by atoms with Gasteiger partial charge in [-0.2, -0.15) is 0 Å². The van der Waals surface area contributed by atoms with Crippen molar-refractivity contribution in [3.05, 3.63) is 48.3 Å². The molecule has 2 nitrogen and oxygen atoms in total. The fourth-order valence-corrected chi connectivity index (χ4v) is 1.61. The van der Waals surface area contributed by atoms with Crippen LogP contribution in [0, 0.1) is 0 Å². The van der Waals surface area contributed by atoms with Crippen LogP contribution in [0.3, 0.4) is 0 Å². The Morgan fingerprint density at radius 1 is 1.43 bits per heavy atom. The van der Waals surface area contributed by atoms with Crippen LogP contribution in [0.25, 0.3) is 5.70 Å². The van der Waals surface area contributed by atoms with Crippen LogP contribution in [0.2, 0.25) is 0 Å². The lowest BCUT2D eigenvalue weighted by Gasteiger charge is -2.00. The molecule has 1 aliphatic carbocycles. The van der Waals surface area contributed by atoms with E-state index in [-0.39, 0.29) is 0 Å². The maximum atomic E-state index is 2.22. The summed E-state index contributed by atoms with van der Waals surface area (Å²) in [4.78, 5) is 0. The van der Waals surface area contributed by atoms with Gasteiger partial charge in [-0.05, 0) is 25.5 Å². The second-order valence-corrected chi connectivity index (χ2v) is 3.62. The SMILES string of the molecule is CC1=CC(n2ccc[n+]2C)=CC=CC1. The van der Waals surface area contributed by atoms with Crippen LogP contribution in [0.15, 0.2) is 48.3 Å². The molecule has 0 fully saturated rings. The standard InChI is InChI=1S/C12H15N2/c1-11-6-3-4-7-12(10-11)14-9-5-8-13(14)2/h3-5,7-10H,6H2,1-2H3/q+1. The highest BCUT2D eigenvalue weighted by Crippen LogP contribution is 2.13. The van der Waals surface area contributed by atoms with Crippen LogP contribution in [0.1, 0.15) is 13.3 Å². The Hall–Kier alpha value is -1.57. The van der Waals surface area contributed by atoms with Crippen molar-refractivity contribution in [2.75, 3.05) is 0 Å². The Balaban J connectivity index is 2.44. The first-order valence-corrected chi connectivity index (χ1v) is 4.85. The predicted octanol–water partition coefficient (Wildman–Crippen LogP) is 2.06. The van der Waals surface area contributed by atoms with E-state index >= 15 is 0 Å². The van der Waals surface area contributed by atoms with E-state index in [2.05, 4.69) is 46.8 Å². The van der Waals surface area contributed by atoms with E-state index in [0.717, 1.165) is 6.42 Å². The highest BCUT2D eigenvalue weighted by atomic mass is 15.4. The minimum atomic E-state index is 1.05. The first kappa shape index (κ1) is 9.00. The Morgan fingerprint density at radius 2 is 2.29 bits per heavy atom. The third-order valence-corrected chi connectivity index (χ3v) is 2.37. The van der Waals surface area contributed by atoms with Crippen molar-refractivity contribution in [2.24, 2.45) is 7.05 Å². The van der Waals surface area contributed by atoms with Gasteiger partial charge in [0.05, 0.1) is 6.20 Å². The van der Waals surface area contributed by atoms with Gasteiger partial charge in [-0.1, -0.05) is 17.7 Å². The van der Waals surface area contributed by atoms with Crippen molar-refractivity contribution in [1.29, 1.82) is 0 Å². The lowest BCUT2D eigenvalue weighted by Crippen LogP contribution is -2.36. The smallest absolute Gasteiger partial charge is 0.129 e. The van der Waals surface area contributed by atoms with Crippen LogP contribution in [0.4, 0.5) is 0 Å². The summed E-state index contributed by atoms with van der Waals surface area (Å²) < 4.78 is 4.19. The van der Waals surface area contributed by atoms with E-state index in [1.165, 1.54) is 11.3 Å². The summed E-state index contributed by atoms with van der Waals surface area (Å²) in [6, 6.07) is 2.04. The summed E-state index contributed by atoms with van der Waals surface area (Å²) in [6.07, 6.45) is 13.8. The van der Waals surface area contributed by atoms with Crippen molar-refractivity contribution in [2.45, 2.75) is 13.3 Å². The molecular formula is C12H15N2+. The summed E-state index contributed by atoms with van der Waals surface area (Å²) >= 11 is 0. The number of hydrogen-bond acceptors (Lipinski definition) is 0. The molecule has 0 atom stereocenters. The van der Waals surface area contributed by atoms with Crippen LogP contribution in [-0.2, 0) is 7.05 Å². The second kappa shape index (κ2) is 3.66. The first-order chi connectivity index (χ1) is 6.77. The molecule has 72 valence electrons. The predicted molar refractivity (Wildman–Crippen MR) is 57.4 cm³/mol. The van der Waals surface area contributed by atoms with Crippen molar-refractivity contribution in [3.63, 3.8) is 0 Å². The average molecular weight is 187 g/mol. The van der Waals surface area contributed by atoms with E-state index < -0.39 is 0 Å². The van der Waals surface area contributed by atoms with Gasteiger partial charge in [0, 0.05) is 6.07 Å². The van der Waals surface area contributed by atoms with Gasteiger partial charge in [-0.25, -0.2) is 0 Å². The summed E-state index contributed by atoms with van der Waals surface area (Å²) in [6.45, 7) is 2.16. The molecule has 0 bridgehead atoms. The normalized spacial score (nSPS) is 16.1. The van der Waals surface area contributed by atoms with Crippen molar-refractivity contribution in [3.8, 4) is 0 Å². The second-order valence-electron chi connectivity index (χ2n) is 3.62. The average Bonchev–Trinajstić information content (AvgIpc) is 2.45. The van der Waals surface area contributed by atoms with Crippen molar-refractivity contribution in [1.82, 2.24) is 4.68 Å². The molecule has 1 aliphatic rings. The molecule has 2 heteroatoms. The van der Waals surface area contributed by atoms with E-state index in [1.54, 1.807) is 0 Å². The molecule has 0 amide bonds. The molecule has 0 saturated heterocycles. The number of allylic oxidation sites excluding steroid dienone is 6. The third kappa shape index (κ3) is 1.69. The van der Waals surface area contributed by atoms with Crippen LogP contribution >= 0.6 is 0 Å². The topological polar surface area (TPSA) is 8.81 Å². The third-order valence-electron chi connectivity index (χ3n) is 2.37. The largest absolute Gasteiger partial charge is 0.195 e. The van der Waals surface area contributed by atoms with Gasteiger partial charge in [-0.3, -0.25) is 0 Å². The highest BCUT2D eigenvalue weighted by Gasteiger charge is 2.06. The quantitative estimate of drug-likeness (QED) is 0.595. The molecule has 0 aliphatic heterocycles. The lowest BCUT2D eigenvalue weighted by atomic mass is 10.2. The molecule has 1 heterocycles. The zero-order valence-corrected chi connectivity index (χ0v) is 8.64. The molecule has 0 spiro atoms. The molecule has 14 heavy (non-hydrogen) atoms. The molecule has 0 saturated carbocycles. The minimum Gasteiger partial charge on any atom is -0.129 e. The molecule has 1 aromatic rings. The van der Waals surface area contributed by atoms with Gasteiger partial charge in [0.25, 0.3) is 0 Å². The Labute approximate surface area is 84.5 Å². The number of aryl methyl sites for hydroxylation is 1. The number of hydrogen-bond donors (Lipinski definition) is 0.